The Hall–Kier alpha value is -4.42. The summed E-state index contributed by atoms with van der Waals surface area (Å²) < 4.78 is 13.3. The van der Waals surface area contributed by atoms with Gasteiger partial charge in [-0.1, -0.05) is 67.9 Å². The van der Waals surface area contributed by atoms with Crippen molar-refractivity contribution in [1.29, 1.82) is 0 Å². The molecular weight excluding hydrogens is 534 g/mol. The Morgan fingerprint density at radius 3 is 2.54 bits per heavy atom. The number of rotatable bonds is 9. The smallest absolute Gasteiger partial charge is 0.282 e. The normalized spacial score (nSPS) is 11.5. The molecule has 0 N–H and O–H groups in total. The fraction of sp³-hybridized carbons (Fsp3) is 0.206. The van der Waals surface area contributed by atoms with E-state index >= 15 is 0 Å². The standard InChI is InChI=1S/C34H32ClN3O3/c1-5-40-32-17-23(4)29(19-28(32)22(2)3)33-37-31-16-9-7-14-27(31)34(39)38(33)36-20-24-11-10-13-26(18-24)41-21-25-12-6-8-15-30(25)35/h6-20,22H,5,21H2,1-4H3. The molecule has 1 aromatic heterocycles. The van der Waals surface area contributed by atoms with Crippen LogP contribution in [0.3, 0.4) is 0 Å². The van der Waals surface area contributed by atoms with Crippen LogP contribution in [0.1, 0.15) is 48.9 Å². The lowest BCUT2D eigenvalue weighted by molar-refractivity contribution is 0.306. The second kappa shape index (κ2) is 12.4. The van der Waals surface area contributed by atoms with Gasteiger partial charge in [0, 0.05) is 16.1 Å². The average Bonchev–Trinajstić information content (AvgIpc) is 2.96. The maximum atomic E-state index is 13.7. The van der Waals surface area contributed by atoms with Crippen LogP contribution in [0.5, 0.6) is 11.5 Å². The van der Waals surface area contributed by atoms with Crippen LogP contribution in [0.2, 0.25) is 5.02 Å². The van der Waals surface area contributed by atoms with Gasteiger partial charge < -0.3 is 9.47 Å². The SMILES string of the molecule is CCOc1cc(C)c(-c2nc3ccccc3c(=O)n2N=Cc2cccc(OCc3ccccc3Cl)c2)cc1C(C)C. The van der Waals surface area contributed by atoms with E-state index in [0.717, 1.165) is 33.6 Å². The molecule has 0 unspecified atom stereocenters. The summed E-state index contributed by atoms with van der Waals surface area (Å²) >= 11 is 6.28. The topological polar surface area (TPSA) is 65.7 Å². The number of hydrogen-bond donors (Lipinski definition) is 0. The second-order valence-corrected chi connectivity index (χ2v) is 10.5. The first kappa shape index (κ1) is 28.1. The van der Waals surface area contributed by atoms with Crippen LogP contribution < -0.4 is 15.0 Å². The zero-order valence-electron chi connectivity index (χ0n) is 23.6. The van der Waals surface area contributed by atoms with Gasteiger partial charge >= 0.3 is 0 Å². The van der Waals surface area contributed by atoms with Gasteiger partial charge in [-0.05, 0) is 78.9 Å². The number of aromatic nitrogens is 2. The Kier molecular flexibility index (Phi) is 8.50. The van der Waals surface area contributed by atoms with Gasteiger partial charge in [0.15, 0.2) is 5.82 Å². The highest BCUT2D eigenvalue weighted by atomic mass is 35.5. The third kappa shape index (κ3) is 6.18. The van der Waals surface area contributed by atoms with E-state index in [2.05, 4.69) is 25.0 Å². The van der Waals surface area contributed by atoms with Crippen LogP contribution in [0.25, 0.3) is 22.3 Å². The molecule has 0 bridgehead atoms. The zero-order valence-corrected chi connectivity index (χ0v) is 24.4. The number of para-hydroxylation sites is 1. The van der Waals surface area contributed by atoms with Gasteiger partial charge in [0.2, 0.25) is 0 Å². The molecule has 0 aliphatic heterocycles. The molecule has 0 radical (unpaired) electrons. The van der Waals surface area contributed by atoms with E-state index in [1.54, 1.807) is 12.3 Å². The number of hydrogen-bond acceptors (Lipinski definition) is 5. The predicted molar refractivity (Wildman–Crippen MR) is 167 cm³/mol. The highest BCUT2D eigenvalue weighted by Crippen LogP contribution is 2.34. The molecule has 1 heterocycles. The van der Waals surface area contributed by atoms with Crippen LogP contribution in [0, 0.1) is 6.92 Å². The summed E-state index contributed by atoms with van der Waals surface area (Å²) in [6.45, 7) is 9.13. The number of halogens is 1. The molecule has 0 aliphatic carbocycles. The molecule has 5 aromatic rings. The van der Waals surface area contributed by atoms with E-state index in [1.165, 1.54) is 4.68 Å². The quantitative estimate of drug-likeness (QED) is 0.170. The Morgan fingerprint density at radius 2 is 1.76 bits per heavy atom. The molecule has 41 heavy (non-hydrogen) atoms. The van der Waals surface area contributed by atoms with E-state index in [0.29, 0.717) is 40.7 Å². The van der Waals surface area contributed by atoms with Crippen LogP contribution in [-0.2, 0) is 6.61 Å². The highest BCUT2D eigenvalue weighted by molar-refractivity contribution is 6.31. The lowest BCUT2D eigenvalue weighted by Gasteiger charge is -2.18. The van der Waals surface area contributed by atoms with Gasteiger partial charge in [-0.3, -0.25) is 4.79 Å². The monoisotopic (exact) mass is 565 g/mol. The Labute approximate surface area is 244 Å². The zero-order chi connectivity index (χ0) is 28.9. The van der Waals surface area contributed by atoms with Gasteiger partial charge in [-0.2, -0.15) is 9.78 Å². The minimum absolute atomic E-state index is 0.216. The Balaban J connectivity index is 1.56. The van der Waals surface area contributed by atoms with Gasteiger partial charge in [-0.15, -0.1) is 0 Å². The van der Waals surface area contributed by atoms with Crippen molar-refractivity contribution in [3.8, 4) is 22.9 Å². The van der Waals surface area contributed by atoms with Crippen LogP contribution in [0.4, 0.5) is 0 Å². The van der Waals surface area contributed by atoms with Crippen molar-refractivity contribution in [1.82, 2.24) is 9.66 Å². The summed E-state index contributed by atoms with van der Waals surface area (Å²) in [6.07, 6.45) is 1.65. The molecule has 5 rings (SSSR count). The molecule has 0 saturated heterocycles. The molecular formula is C34H32ClN3O3. The fourth-order valence-corrected chi connectivity index (χ4v) is 4.85. The van der Waals surface area contributed by atoms with Crippen molar-refractivity contribution in [2.75, 3.05) is 6.61 Å². The molecule has 0 saturated carbocycles. The van der Waals surface area contributed by atoms with Gasteiger partial charge in [-0.25, -0.2) is 4.98 Å². The Morgan fingerprint density at radius 1 is 0.976 bits per heavy atom. The third-order valence-corrected chi connectivity index (χ3v) is 7.17. The highest BCUT2D eigenvalue weighted by Gasteiger charge is 2.18. The summed E-state index contributed by atoms with van der Waals surface area (Å²) in [5.41, 5.74) is 4.87. The molecule has 4 aromatic carbocycles. The van der Waals surface area contributed by atoms with Gasteiger partial charge in [0.25, 0.3) is 5.56 Å². The number of aryl methyl sites for hydroxylation is 1. The van der Waals surface area contributed by atoms with E-state index in [-0.39, 0.29) is 11.5 Å². The van der Waals surface area contributed by atoms with Crippen molar-refractivity contribution < 1.29 is 9.47 Å². The first-order valence-corrected chi connectivity index (χ1v) is 14.0. The number of fused-ring (bicyclic) bond motifs is 1. The number of benzene rings is 4. The summed E-state index contributed by atoms with van der Waals surface area (Å²) in [7, 11) is 0. The first-order valence-electron chi connectivity index (χ1n) is 13.7. The van der Waals surface area contributed by atoms with Gasteiger partial charge in [0.05, 0.1) is 23.7 Å². The molecule has 208 valence electrons. The first-order chi connectivity index (χ1) is 19.9. The van der Waals surface area contributed by atoms with Crippen molar-refractivity contribution in [3.05, 3.63) is 123 Å². The molecule has 0 amide bonds. The van der Waals surface area contributed by atoms with E-state index in [4.69, 9.17) is 26.1 Å². The maximum Gasteiger partial charge on any atom is 0.282 e. The average molecular weight is 566 g/mol. The minimum Gasteiger partial charge on any atom is -0.494 e. The summed E-state index contributed by atoms with van der Waals surface area (Å²) in [5.74, 6) is 2.20. The largest absolute Gasteiger partial charge is 0.494 e. The summed E-state index contributed by atoms with van der Waals surface area (Å²) in [4.78, 5) is 18.7. The lowest BCUT2D eigenvalue weighted by atomic mass is 9.96. The maximum absolute atomic E-state index is 13.7. The molecule has 0 spiro atoms. The van der Waals surface area contributed by atoms with Crippen molar-refractivity contribution >= 4 is 28.7 Å². The lowest BCUT2D eigenvalue weighted by Crippen LogP contribution is -2.20. The van der Waals surface area contributed by atoms with Crippen molar-refractivity contribution in [3.63, 3.8) is 0 Å². The predicted octanol–water partition coefficient (Wildman–Crippen LogP) is 8.01. The van der Waals surface area contributed by atoms with Crippen LogP contribution in [-0.4, -0.2) is 22.5 Å². The molecule has 0 atom stereocenters. The van der Waals surface area contributed by atoms with Crippen molar-refractivity contribution in [2.45, 2.75) is 40.2 Å². The fourth-order valence-electron chi connectivity index (χ4n) is 4.66. The van der Waals surface area contributed by atoms with E-state index < -0.39 is 0 Å². The number of nitrogens with zero attached hydrogens (tertiary/aromatic N) is 3. The van der Waals surface area contributed by atoms with E-state index in [1.807, 2.05) is 86.6 Å². The third-order valence-electron chi connectivity index (χ3n) is 6.81. The van der Waals surface area contributed by atoms with Crippen LogP contribution >= 0.6 is 11.6 Å². The molecule has 0 fully saturated rings. The minimum atomic E-state index is -0.243. The van der Waals surface area contributed by atoms with Crippen LogP contribution in [0.15, 0.2) is 94.8 Å². The Bertz CT molecular complexity index is 1790. The number of ether oxygens (including phenoxy) is 2. The summed E-state index contributed by atoms with van der Waals surface area (Å²) in [5, 5.41) is 5.82. The molecule has 7 heteroatoms. The summed E-state index contributed by atoms with van der Waals surface area (Å²) in [6, 6.07) is 26.5. The van der Waals surface area contributed by atoms with Crippen molar-refractivity contribution in [2.24, 2.45) is 5.10 Å². The van der Waals surface area contributed by atoms with Gasteiger partial charge in [0.1, 0.15) is 18.1 Å². The van der Waals surface area contributed by atoms with E-state index in [9.17, 15) is 4.79 Å². The second-order valence-electron chi connectivity index (χ2n) is 10.1. The molecule has 0 aliphatic rings. The molecule has 6 nitrogen and oxygen atoms in total.